The van der Waals surface area contributed by atoms with Gasteiger partial charge in [-0.3, -0.25) is 15.6 Å². The second kappa shape index (κ2) is 6.94. The SMILES string of the molecule is Cc1ccc(C)c(NC(=S)NNC(=O)c2cn(C)c3ccccc23)c1. The molecule has 5 nitrogen and oxygen atoms in total. The van der Waals surface area contributed by atoms with Gasteiger partial charge in [0.25, 0.3) is 5.91 Å². The molecule has 0 saturated heterocycles. The Balaban J connectivity index is 1.67. The number of carbonyl (C=O) groups excluding carboxylic acids is 1. The molecule has 3 aromatic rings. The molecule has 1 amide bonds. The van der Waals surface area contributed by atoms with Crippen molar-refractivity contribution in [3.05, 3.63) is 65.4 Å². The number of fused-ring (bicyclic) bond motifs is 1. The second-order valence-electron chi connectivity index (χ2n) is 6.02. The van der Waals surface area contributed by atoms with Crippen LogP contribution in [0.4, 0.5) is 5.69 Å². The van der Waals surface area contributed by atoms with Crippen molar-refractivity contribution in [1.29, 1.82) is 0 Å². The van der Waals surface area contributed by atoms with Gasteiger partial charge in [0.2, 0.25) is 0 Å². The molecule has 0 spiro atoms. The Morgan fingerprint density at radius 1 is 1.08 bits per heavy atom. The van der Waals surface area contributed by atoms with Crippen molar-refractivity contribution < 1.29 is 4.79 Å². The van der Waals surface area contributed by atoms with Crippen LogP contribution in [0.3, 0.4) is 0 Å². The van der Waals surface area contributed by atoms with Crippen LogP contribution < -0.4 is 16.2 Å². The average molecular weight is 352 g/mol. The molecule has 0 saturated carbocycles. The van der Waals surface area contributed by atoms with E-state index in [2.05, 4.69) is 16.2 Å². The summed E-state index contributed by atoms with van der Waals surface area (Å²) in [5, 5.41) is 4.34. The van der Waals surface area contributed by atoms with Crippen LogP contribution in [0.5, 0.6) is 0 Å². The number of thiocarbonyl (C=S) groups is 1. The van der Waals surface area contributed by atoms with Gasteiger partial charge < -0.3 is 9.88 Å². The maximum absolute atomic E-state index is 12.5. The van der Waals surface area contributed by atoms with Crippen molar-refractivity contribution in [2.24, 2.45) is 7.05 Å². The number of nitrogens with one attached hydrogen (secondary N) is 3. The van der Waals surface area contributed by atoms with E-state index in [0.29, 0.717) is 10.7 Å². The summed E-state index contributed by atoms with van der Waals surface area (Å²) in [5.41, 5.74) is 10.1. The number of benzene rings is 2. The molecule has 0 aliphatic carbocycles. The van der Waals surface area contributed by atoms with Crippen LogP contribution in [0.15, 0.2) is 48.7 Å². The van der Waals surface area contributed by atoms with Crippen molar-refractivity contribution in [3.8, 4) is 0 Å². The maximum atomic E-state index is 12.5. The van der Waals surface area contributed by atoms with E-state index in [1.54, 1.807) is 0 Å². The third-order valence-electron chi connectivity index (χ3n) is 4.07. The van der Waals surface area contributed by atoms with E-state index in [1.807, 2.05) is 74.1 Å². The molecule has 1 heterocycles. The first-order valence-electron chi connectivity index (χ1n) is 7.94. The molecular weight excluding hydrogens is 332 g/mol. The Kier molecular flexibility index (Phi) is 4.72. The molecule has 2 aromatic carbocycles. The normalized spacial score (nSPS) is 10.5. The highest BCUT2D eigenvalue weighted by Crippen LogP contribution is 2.20. The number of hydrazine groups is 1. The van der Waals surface area contributed by atoms with Gasteiger partial charge in [0.05, 0.1) is 5.56 Å². The van der Waals surface area contributed by atoms with Gasteiger partial charge in [-0.15, -0.1) is 0 Å². The van der Waals surface area contributed by atoms with E-state index >= 15 is 0 Å². The maximum Gasteiger partial charge on any atom is 0.271 e. The van der Waals surface area contributed by atoms with Crippen LogP contribution in [-0.4, -0.2) is 15.6 Å². The fourth-order valence-corrected chi connectivity index (χ4v) is 2.89. The number of carbonyl (C=O) groups is 1. The van der Waals surface area contributed by atoms with E-state index in [1.165, 1.54) is 0 Å². The van der Waals surface area contributed by atoms with Crippen LogP contribution in [0.1, 0.15) is 21.5 Å². The summed E-state index contributed by atoms with van der Waals surface area (Å²) in [6.45, 7) is 4.02. The van der Waals surface area contributed by atoms with Crippen molar-refractivity contribution in [2.75, 3.05) is 5.32 Å². The Bertz CT molecular complexity index is 961. The Morgan fingerprint density at radius 2 is 1.84 bits per heavy atom. The number of aryl methyl sites for hydroxylation is 3. The topological polar surface area (TPSA) is 58.1 Å². The summed E-state index contributed by atoms with van der Waals surface area (Å²) >= 11 is 5.27. The number of para-hydroxylation sites is 1. The molecule has 3 N–H and O–H groups in total. The quantitative estimate of drug-likeness (QED) is 0.489. The predicted octanol–water partition coefficient (Wildman–Crippen LogP) is 3.43. The Labute approximate surface area is 152 Å². The number of nitrogens with zero attached hydrogens (tertiary/aromatic N) is 1. The zero-order chi connectivity index (χ0) is 18.0. The summed E-state index contributed by atoms with van der Waals surface area (Å²) < 4.78 is 1.93. The van der Waals surface area contributed by atoms with Crippen LogP contribution in [0.25, 0.3) is 10.9 Å². The summed E-state index contributed by atoms with van der Waals surface area (Å²) in [7, 11) is 1.92. The lowest BCUT2D eigenvalue weighted by atomic mass is 10.1. The smallest absolute Gasteiger partial charge is 0.271 e. The van der Waals surface area contributed by atoms with Crippen LogP contribution in [0.2, 0.25) is 0 Å². The Hall–Kier alpha value is -2.86. The highest BCUT2D eigenvalue weighted by atomic mass is 32.1. The standard InChI is InChI=1S/C19H20N4OS/c1-12-8-9-13(2)16(10-12)20-19(25)22-21-18(24)15-11-23(3)17-7-5-4-6-14(15)17/h4-11H,1-3H3,(H,21,24)(H2,20,22,25). The molecule has 0 unspecified atom stereocenters. The molecule has 25 heavy (non-hydrogen) atoms. The largest absolute Gasteiger partial charge is 0.350 e. The van der Waals surface area contributed by atoms with Gasteiger partial charge in [-0.2, -0.15) is 0 Å². The van der Waals surface area contributed by atoms with Crippen LogP contribution in [0, 0.1) is 13.8 Å². The molecule has 3 rings (SSSR count). The fraction of sp³-hybridized carbons (Fsp3) is 0.158. The van der Waals surface area contributed by atoms with Gasteiger partial charge in [0.15, 0.2) is 5.11 Å². The van der Waals surface area contributed by atoms with E-state index in [9.17, 15) is 4.79 Å². The molecule has 0 fully saturated rings. The van der Waals surface area contributed by atoms with Gasteiger partial charge in [0.1, 0.15) is 0 Å². The molecule has 0 aliphatic rings. The molecule has 0 atom stereocenters. The molecular formula is C19H20N4OS. The van der Waals surface area contributed by atoms with Gasteiger partial charge in [-0.05, 0) is 49.3 Å². The van der Waals surface area contributed by atoms with Crippen molar-refractivity contribution in [3.63, 3.8) is 0 Å². The number of amides is 1. The van der Waals surface area contributed by atoms with Crippen molar-refractivity contribution in [2.45, 2.75) is 13.8 Å². The van der Waals surface area contributed by atoms with Crippen LogP contribution >= 0.6 is 12.2 Å². The zero-order valence-corrected chi connectivity index (χ0v) is 15.2. The van der Waals surface area contributed by atoms with Gasteiger partial charge in [-0.25, -0.2) is 0 Å². The molecule has 0 aliphatic heterocycles. The van der Waals surface area contributed by atoms with E-state index in [4.69, 9.17) is 12.2 Å². The number of aromatic nitrogens is 1. The van der Waals surface area contributed by atoms with Crippen LogP contribution in [-0.2, 0) is 7.05 Å². The summed E-state index contributed by atoms with van der Waals surface area (Å²) in [6.07, 6.45) is 1.81. The number of anilines is 1. The van der Waals surface area contributed by atoms with Crippen molar-refractivity contribution >= 4 is 39.8 Å². The lowest BCUT2D eigenvalue weighted by Gasteiger charge is -2.13. The number of hydrogen-bond donors (Lipinski definition) is 3. The van der Waals surface area contributed by atoms with E-state index < -0.39 is 0 Å². The lowest BCUT2D eigenvalue weighted by molar-refractivity contribution is 0.0945. The number of hydrogen-bond acceptors (Lipinski definition) is 2. The van der Waals surface area contributed by atoms with Gasteiger partial charge >= 0.3 is 0 Å². The first kappa shape index (κ1) is 17.0. The fourth-order valence-electron chi connectivity index (χ4n) is 2.73. The average Bonchev–Trinajstić information content (AvgIpc) is 2.93. The second-order valence-corrected chi connectivity index (χ2v) is 6.43. The summed E-state index contributed by atoms with van der Waals surface area (Å²) in [5.74, 6) is -0.234. The Morgan fingerprint density at radius 3 is 2.64 bits per heavy atom. The minimum Gasteiger partial charge on any atom is -0.350 e. The first-order chi connectivity index (χ1) is 12.0. The summed E-state index contributed by atoms with van der Waals surface area (Å²) in [4.78, 5) is 12.5. The minimum atomic E-state index is -0.234. The molecule has 0 bridgehead atoms. The third kappa shape index (κ3) is 3.64. The molecule has 128 valence electrons. The summed E-state index contributed by atoms with van der Waals surface area (Å²) in [6, 6.07) is 13.8. The van der Waals surface area contributed by atoms with Crippen molar-refractivity contribution in [1.82, 2.24) is 15.4 Å². The number of rotatable bonds is 2. The third-order valence-corrected chi connectivity index (χ3v) is 4.28. The monoisotopic (exact) mass is 352 g/mol. The van der Waals surface area contributed by atoms with E-state index in [-0.39, 0.29) is 5.91 Å². The molecule has 0 radical (unpaired) electrons. The van der Waals surface area contributed by atoms with Gasteiger partial charge in [-0.1, -0.05) is 30.3 Å². The first-order valence-corrected chi connectivity index (χ1v) is 8.35. The zero-order valence-electron chi connectivity index (χ0n) is 14.4. The van der Waals surface area contributed by atoms with Gasteiger partial charge in [0, 0.05) is 29.8 Å². The van der Waals surface area contributed by atoms with E-state index in [0.717, 1.165) is 27.7 Å². The molecule has 6 heteroatoms. The highest BCUT2D eigenvalue weighted by molar-refractivity contribution is 7.80. The highest BCUT2D eigenvalue weighted by Gasteiger charge is 2.13. The minimum absolute atomic E-state index is 0.234. The molecule has 1 aromatic heterocycles. The lowest BCUT2D eigenvalue weighted by Crippen LogP contribution is -2.43. The predicted molar refractivity (Wildman–Crippen MR) is 106 cm³/mol.